The number of thioether (sulfide) groups is 1. The zero-order valence-corrected chi connectivity index (χ0v) is 12.5. The Hall–Kier alpha value is -1.22. The number of sulfone groups is 1. The van der Waals surface area contributed by atoms with E-state index in [4.69, 9.17) is 5.11 Å². The van der Waals surface area contributed by atoms with Crippen LogP contribution in [0.25, 0.3) is 0 Å². The molecule has 9 heteroatoms. The van der Waals surface area contributed by atoms with E-state index in [1.54, 1.807) is 0 Å². The van der Waals surface area contributed by atoms with Crippen molar-refractivity contribution in [1.29, 1.82) is 0 Å². The van der Waals surface area contributed by atoms with Gasteiger partial charge in [0.05, 0.1) is 17.2 Å². The summed E-state index contributed by atoms with van der Waals surface area (Å²) in [6.07, 6.45) is 2.05. The Labute approximate surface area is 121 Å². The summed E-state index contributed by atoms with van der Waals surface area (Å²) in [4.78, 5) is 24.7. The maximum absolute atomic E-state index is 12.2. The Morgan fingerprint density at radius 2 is 2.20 bits per heavy atom. The van der Waals surface area contributed by atoms with Crippen LogP contribution in [0.1, 0.15) is 13.3 Å². The summed E-state index contributed by atoms with van der Waals surface area (Å²) >= 11 is 1.42. The molecule has 112 valence electrons. The fourth-order valence-corrected chi connectivity index (χ4v) is 4.82. The van der Waals surface area contributed by atoms with E-state index in [0.29, 0.717) is 12.2 Å². The van der Waals surface area contributed by atoms with Gasteiger partial charge in [-0.3, -0.25) is 4.90 Å². The summed E-state index contributed by atoms with van der Waals surface area (Å²) in [5.74, 6) is -0.868. The summed E-state index contributed by atoms with van der Waals surface area (Å²) in [5.41, 5.74) is 0. The van der Waals surface area contributed by atoms with Crippen LogP contribution in [-0.2, 0) is 14.6 Å². The minimum absolute atomic E-state index is 0.172. The molecule has 0 aliphatic carbocycles. The van der Waals surface area contributed by atoms with E-state index in [-0.39, 0.29) is 11.1 Å². The van der Waals surface area contributed by atoms with Gasteiger partial charge < -0.3 is 10.4 Å². The molecule has 0 spiro atoms. The van der Waals surface area contributed by atoms with E-state index in [2.05, 4.69) is 5.32 Å². The summed E-state index contributed by atoms with van der Waals surface area (Å²) in [6.45, 7) is 1.88. The second-order valence-corrected chi connectivity index (χ2v) is 7.81. The molecule has 2 aliphatic rings. The minimum atomic E-state index is -3.25. The van der Waals surface area contributed by atoms with E-state index in [0.717, 1.165) is 5.41 Å². The summed E-state index contributed by atoms with van der Waals surface area (Å²) < 4.78 is 22.6. The highest BCUT2D eigenvalue weighted by Crippen LogP contribution is 2.31. The quantitative estimate of drug-likeness (QED) is 0.772. The first kappa shape index (κ1) is 15.2. The van der Waals surface area contributed by atoms with Gasteiger partial charge >= 0.3 is 12.0 Å². The number of urea groups is 1. The Bertz CT molecular complexity index is 545. The van der Waals surface area contributed by atoms with Crippen LogP contribution in [-0.4, -0.2) is 59.4 Å². The fraction of sp³-hybridized carbons (Fsp3) is 0.636. The lowest BCUT2D eigenvalue weighted by Gasteiger charge is -2.27. The van der Waals surface area contributed by atoms with Crippen molar-refractivity contribution in [3.63, 3.8) is 0 Å². The highest BCUT2D eigenvalue weighted by Gasteiger charge is 2.41. The van der Waals surface area contributed by atoms with E-state index in [1.807, 2.05) is 6.92 Å². The topological polar surface area (TPSA) is 104 Å². The zero-order valence-electron chi connectivity index (χ0n) is 10.9. The number of aliphatic carboxylic acids is 1. The molecular formula is C11H16N2O5S2. The van der Waals surface area contributed by atoms with Crippen molar-refractivity contribution in [2.24, 2.45) is 0 Å². The van der Waals surface area contributed by atoms with Gasteiger partial charge in [-0.25, -0.2) is 18.0 Å². The van der Waals surface area contributed by atoms with E-state index < -0.39 is 33.9 Å². The molecule has 2 aliphatic heterocycles. The number of carboxylic acid groups (broad SMARTS) is 1. The van der Waals surface area contributed by atoms with Gasteiger partial charge in [0.25, 0.3) is 0 Å². The lowest BCUT2D eigenvalue weighted by Crippen LogP contribution is -2.52. The van der Waals surface area contributed by atoms with Crippen molar-refractivity contribution in [2.75, 3.05) is 11.5 Å². The number of carbonyl (C=O) groups excluding carboxylic acids is 1. The van der Waals surface area contributed by atoms with Crippen molar-refractivity contribution in [2.45, 2.75) is 30.8 Å². The Balaban J connectivity index is 2.06. The third-order valence-corrected chi connectivity index (χ3v) is 6.05. The largest absolute Gasteiger partial charge is 0.480 e. The molecule has 0 aromatic rings. The number of rotatable bonds is 3. The van der Waals surface area contributed by atoms with E-state index in [9.17, 15) is 18.0 Å². The molecule has 0 bridgehead atoms. The number of amides is 2. The van der Waals surface area contributed by atoms with Gasteiger partial charge in [-0.05, 0) is 12.5 Å². The minimum Gasteiger partial charge on any atom is -0.480 e. The normalized spacial score (nSPS) is 31.4. The highest BCUT2D eigenvalue weighted by atomic mass is 32.2. The van der Waals surface area contributed by atoms with Gasteiger partial charge in [-0.15, -0.1) is 11.8 Å². The van der Waals surface area contributed by atoms with Crippen LogP contribution in [0, 0.1) is 0 Å². The predicted octanol–water partition coefficient (Wildman–Crippen LogP) is 0.245. The third-order valence-electron chi connectivity index (χ3n) is 3.20. The van der Waals surface area contributed by atoms with Gasteiger partial charge in [0.2, 0.25) is 0 Å². The van der Waals surface area contributed by atoms with Gasteiger partial charge in [0.1, 0.15) is 6.04 Å². The van der Waals surface area contributed by atoms with Crippen LogP contribution in [0.15, 0.2) is 11.5 Å². The molecule has 0 radical (unpaired) electrons. The summed E-state index contributed by atoms with van der Waals surface area (Å²) in [7, 11) is -3.25. The molecular weight excluding hydrogens is 304 g/mol. The molecule has 2 rings (SSSR count). The van der Waals surface area contributed by atoms with Crippen LogP contribution in [0.3, 0.4) is 0 Å². The lowest BCUT2D eigenvalue weighted by atomic mass is 10.2. The first-order valence-electron chi connectivity index (χ1n) is 6.18. The molecule has 20 heavy (non-hydrogen) atoms. The van der Waals surface area contributed by atoms with Gasteiger partial charge in [0, 0.05) is 11.2 Å². The second-order valence-electron chi connectivity index (χ2n) is 4.67. The van der Waals surface area contributed by atoms with Crippen LogP contribution in [0.2, 0.25) is 0 Å². The Kier molecular flexibility index (Phi) is 4.28. The van der Waals surface area contributed by atoms with Crippen LogP contribution in [0.5, 0.6) is 0 Å². The first-order valence-corrected chi connectivity index (χ1v) is 8.94. The van der Waals surface area contributed by atoms with Crippen LogP contribution < -0.4 is 5.32 Å². The van der Waals surface area contributed by atoms with E-state index >= 15 is 0 Å². The van der Waals surface area contributed by atoms with Crippen LogP contribution >= 0.6 is 11.8 Å². The van der Waals surface area contributed by atoms with Crippen molar-refractivity contribution >= 4 is 33.6 Å². The maximum atomic E-state index is 12.2. The number of carbonyl (C=O) groups is 2. The molecule has 2 amide bonds. The molecule has 7 nitrogen and oxygen atoms in total. The SMILES string of the molecule is CCC1SCC(C(=O)O)N1C(=O)NC1C=CS(=O)(=O)C1. The van der Waals surface area contributed by atoms with Gasteiger partial charge in [0.15, 0.2) is 9.84 Å². The van der Waals surface area contributed by atoms with Crippen LogP contribution in [0.4, 0.5) is 4.79 Å². The van der Waals surface area contributed by atoms with Crippen molar-refractivity contribution in [3.8, 4) is 0 Å². The van der Waals surface area contributed by atoms with Gasteiger partial charge in [-0.2, -0.15) is 0 Å². The molecule has 1 fully saturated rings. The molecule has 3 unspecified atom stereocenters. The molecule has 0 saturated carbocycles. The van der Waals surface area contributed by atoms with Gasteiger partial charge in [-0.1, -0.05) is 6.92 Å². The first-order chi connectivity index (χ1) is 9.34. The summed E-state index contributed by atoms with van der Waals surface area (Å²) in [6, 6.07) is -1.99. The molecule has 2 N–H and O–H groups in total. The Morgan fingerprint density at radius 3 is 2.70 bits per heavy atom. The maximum Gasteiger partial charge on any atom is 0.327 e. The number of hydrogen-bond acceptors (Lipinski definition) is 5. The average molecular weight is 320 g/mol. The van der Waals surface area contributed by atoms with Crippen molar-refractivity contribution in [3.05, 3.63) is 11.5 Å². The van der Waals surface area contributed by atoms with E-state index in [1.165, 1.54) is 22.7 Å². The highest BCUT2D eigenvalue weighted by molar-refractivity contribution is 8.00. The van der Waals surface area contributed by atoms with Crippen molar-refractivity contribution in [1.82, 2.24) is 10.2 Å². The molecule has 0 aromatic heterocycles. The zero-order chi connectivity index (χ0) is 14.9. The third kappa shape index (κ3) is 3.09. The molecule has 1 saturated heterocycles. The average Bonchev–Trinajstić information content (AvgIpc) is 2.92. The number of hydrogen-bond donors (Lipinski definition) is 2. The molecule has 0 aromatic carbocycles. The molecule has 2 heterocycles. The number of carboxylic acids is 1. The Morgan fingerprint density at radius 1 is 1.50 bits per heavy atom. The summed E-state index contributed by atoms with van der Waals surface area (Å²) in [5, 5.41) is 12.6. The standard InChI is InChI=1S/C11H16N2O5S2/c1-2-9-13(8(5-19-9)10(14)15)11(16)12-7-3-4-20(17,18)6-7/h3-4,7-9H,2,5-6H2,1H3,(H,12,16)(H,14,15). The van der Waals surface area contributed by atoms with Crippen molar-refractivity contribution < 1.29 is 23.1 Å². The predicted molar refractivity (Wildman–Crippen MR) is 75.0 cm³/mol. The smallest absolute Gasteiger partial charge is 0.327 e. The number of nitrogens with zero attached hydrogens (tertiary/aromatic N) is 1. The number of nitrogens with one attached hydrogen (secondary N) is 1. The lowest BCUT2D eigenvalue weighted by molar-refractivity contribution is -0.141. The monoisotopic (exact) mass is 320 g/mol. The fourth-order valence-electron chi connectivity index (χ4n) is 2.24. The second kappa shape index (κ2) is 5.65. The molecule has 3 atom stereocenters.